The average Bonchev–Trinajstić information content (AvgIpc) is 2.34. The van der Waals surface area contributed by atoms with Crippen molar-refractivity contribution in [3.63, 3.8) is 0 Å². The predicted octanol–water partition coefficient (Wildman–Crippen LogP) is 3.58. The van der Waals surface area contributed by atoms with Crippen molar-refractivity contribution in [1.82, 2.24) is 5.32 Å². The molecular weight excluding hydrogens is 297 g/mol. The minimum atomic E-state index is -0.220. The van der Waals surface area contributed by atoms with E-state index in [1.54, 1.807) is 18.2 Å². The lowest BCUT2D eigenvalue weighted by molar-refractivity contribution is 0.475. The minimum Gasteiger partial charge on any atom is -0.508 e. The number of phenolic OH excluding ortho intramolecular Hbond substituents is 1. The van der Waals surface area contributed by atoms with Crippen molar-refractivity contribution in [1.29, 1.82) is 0 Å². The Morgan fingerprint density at radius 3 is 2.44 bits per heavy atom. The smallest absolute Gasteiger partial charge is 0.128 e. The van der Waals surface area contributed by atoms with Crippen LogP contribution in [0.3, 0.4) is 0 Å². The van der Waals surface area contributed by atoms with Gasteiger partial charge in [-0.2, -0.15) is 0 Å². The fourth-order valence-electron chi connectivity index (χ4n) is 1.62. The van der Waals surface area contributed by atoms with Crippen LogP contribution in [0.5, 0.6) is 5.75 Å². The van der Waals surface area contributed by atoms with Gasteiger partial charge in [0.1, 0.15) is 11.6 Å². The van der Waals surface area contributed by atoms with Crippen molar-refractivity contribution in [3.8, 4) is 5.75 Å². The summed E-state index contributed by atoms with van der Waals surface area (Å²) < 4.78 is 14.3. The maximum Gasteiger partial charge on any atom is 0.128 e. The first-order chi connectivity index (χ1) is 8.65. The molecule has 0 saturated heterocycles. The molecule has 0 heterocycles. The summed E-state index contributed by atoms with van der Waals surface area (Å²) in [6.45, 7) is 1.11. The molecule has 94 valence electrons. The average molecular weight is 310 g/mol. The van der Waals surface area contributed by atoms with Gasteiger partial charge in [0.05, 0.1) is 0 Å². The van der Waals surface area contributed by atoms with Crippen LogP contribution >= 0.6 is 15.9 Å². The Bertz CT molecular complexity index is 528. The second kappa shape index (κ2) is 5.98. The third-order valence-corrected chi connectivity index (χ3v) is 3.09. The van der Waals surface area contributed by atoms with E-state index in [-0.39, 0.29) is 11.6 Å². The highest BCUT2D eigenvalue weighted by Gasteiger charge is 2.02. The van der Waals surface area contributed by atoms with E-state index in [2.05, 4.69) is 21.2 Å². The zero-order valence-electron chi connectivity index (χ0n) is 9.66. The summed E-state index contributed by atoms with van der Waals surface area (Å²) in [6, 6.07) is 12.0. The van der Waals surface area contributed by atoms with Crippen LogP contribution in [0.1, 0.15) is 11.1 Å². The maximum atomic E-state index is 13.5. The summed E-state index contributed by atoms with van der Waals surface area (Å²) in [5, 5.41) is 12.3. The third kappa shape index (κ3) is 3.55. The van der Waals surface area contributed by atoms with Gasteiger partial charge in [-0.15, -0.1) is 0 Å². The van der Waals surface area contributed by atoms with E-state index in [4.69, 9.17) is 5.11 Å². The number of benzene rings is 2. The van der Waals surface area contributed by atoms with E-state index in [9.17, 15) is 4.39 Å². The second-order valence-corrected chi connectivity index (χ2v) is 4.92. The standard InChI is InChI=1S/C14H13BrFNO/c15-12-4-3-11(14(16)7-12)9-17-8-10-1-5-13(18)6-2-10/h1-7,17-18H,8-9H2. The molecule has 0 amide bonds. The molecule has 0 spiro atoms. The number of halogens is 2. The highest BCUT2D eigenvalue weighted by molar-refractivity contribution is 9.10. The summed E-state index contributed by atoms with van der Waals surface area (Å²) in [7, 11) is 0. The molecule has 4 heteroatoms. The lowest BCUT2D eigenvalue weighted by atomic mass is 10.2. The first-order valence-corrected chi connectivity index (χ1v) is 6.37. The molecule has 0 aliphatic rings. The van der Waals surface area contributed by atoms with Crippen LogP contribution in [-0.2, 0) is 13.1 Å². The number of hydrogen-bond acceptors (Lipinski definition) is 2. The monoisotopic (exact) mass is 309 g/mol. The summed E-state index contributed by atoms with van der Waals surface area (Å²) in [5.41, 5.74) is 1.68. The Morgan fingerprint density at radius 2 is 1.78 bits per heavy atom. The van der Waals surface area contributed by atoms with E-state index in [1.165, 1.54) is 6.07 Å². The van der Waals surface area contributed by atoms with Gasteiger partial charge in [-0.1, -0.05) is 34.1 Å². The molecule has 0 atom stereocenters. The van der Waals surface area contributed by atoms with E-state index in [1.807, 2.05) is 18.2 Å². The molecule has 0 unspecified atom stereocenters. The van der Waals surface area contributed by atoms with Gasteiger partial charge >= 0.3 is 0 Å². The highest BCUT2D eigenvalue weighted by atomic mass is 79.9. The third-order valence-electron chi connectivity index (χ3n) is 2.60. The highest BCUT2D eigenvalue weighted by Crippen LogP contribution is 2.15. The first kappa shape index (κ1) is 13.1. The fraction of sp³-hybridized carbons (Fsp3) is 0.143. The quantitative estimate of drug-likeness (QED) is 0.904. The normalized spacial score (nSPS) is 10.6. The van der Waals surface area contributed by atoms with Crippen molar-refractivity contribution >= 4 is 15.9 Å². The summed E-state index contributed by atoms with van der Waals surface area (Å²) >= 11 is 3.22. The molecule has 0 aliphatic carbocycles. The minimum absolute atomic E-state index is 0.220. The molecule has 0 aromatic heterocycles. The van der Waals surface area contributed by atoms with Crippen LogP contribution in [0, 0.1) is 5.82 Å². The van der Waals surface area contributed by atoms with Gasteiger partial charge in [0.2, 0.25) is 0 Å². The molecule has 0 saturated carbocycles. The van der Waals surface area contributed by atoms with E-state index < -0.39 is 0 Å². The van der Waals surface area contributed by atoms with Crippen LogP contribution in [0.15, 0.2) is 46.9 Å². The predicted molar refractivity (Wildman–Crippen MR) is 72.8 cm³/mol. The first-order valence-electron chi connectivity index (χ1n) is 5.58. The summed E-state index contributed by atoms with van der Waals surface area (Å²) in [5.74, 6) is 0.0280. The Hall–Kier alpha value is -1.39. The van der Waals surface area contributed by atoms with Crippen molar-refractivity contribution in [3.05, 3.63) is 63.9 Å². The zero-order chi connectivity index (χ0) is 13.0. The van der Waals surface area contributed by atoms with Crippen LogP contribution in [0.25, 0.3) is 0 Å². The molecule has 2 aromatic rings. The number of nitrogens with one attached hydrogen (secondary N) is 1. The Labute approximate surface area is 114 Å². The Balaban J connectivity index is 1.90. The van der Waals surface area contributed by atoms with Crippen molar-refractivity contribution in [2.75, 3.05) is 0 Å². The maximum absolute atomic E-state index is 13.5. The van der Waals surface area contributed by atoms with Gasteiger partial charge in [-0.3, -0.25) is 0 Å². The molecular formula is C14H13BrFNO. The van der Waals surface area contributed by atoms with E-state index in [0.29, 0.717) is 18.7 Å². The molecule has 2 nitrogen and oxygen atoms in total. The SMILES string of the molecule is Oc1ccc(CNCc2ccc(Br)cc2F)cc1. The lowest BCUT2D eigenvalue weighted by Gasteiger charge is -2.06. The Morgan fingerprint density at radius 1 is 1.06 bits per heavy atom. The summed E-state index contributed by atoms with van der Waals surface area (Å²) in [6.07, 6.45) is 0. The number of rotatable bonds is 4. The molecule has 18 heavy (non-hydrogen) atoms. The van der Waals surface area contributed by atoms with Crippen LogP contribution in [-0.4, -0.2) is 5.11 Å². The van der Waals surface area contributed by atoms with Gasteiger partial charge in [-0.05, 0) is 29.8 Å². The lowest BCUT2D eigenvalue weighted by Crippen LogP contribution is -2.13. The second-order valence-electron chi connectivity index (χ2n) is 4.01. The molecule has 0 aliphatic heterocycles. The van der Waals surface area contributed by atoms with Crippen LogP contribution in [0.2, 0.25) is 0 Å². The van der Waals surface area contributed by atoms with Gasteiger partial charge in [0.15, 0.2) is 0 Å². The number of hydrogen-bond donors (Lipinski definition) is 2. The van der Waals surface area contributed by atoms with Crippen molar-refractivity contribution in [2.24, 2.45) is 0 Å². The summed E-state index contributed by atoms with van der Waals surface area (Å²) in [4.78, 5) is 0. The van der Waals surface area contributed by atoms with Crippen LogP contribution < -0.4 is 5.32 Å². The molecule has 2 rings (SSSR count). The molecule has 2 N–H and O–H groups in total. The number of aromatic hydroxyl groups is 1. The van der Waals surface area contributed by atoms with Crippen molar-refractivity contribution < 1.29 is 9.50 Å². The largest absolute Gasteiger partial charge is 0.508 e. The zero-order valence-corrected chi connectivity index (χ0v) is 11.2. The van der Waals surface area contributed by atoms with Crippen molar-refractivity contribution in [2.45, 2.75) is 13.1 Å². The molecule has 0 radical (unpaired) electrons. The van der Waals surface area contributed by atoms with Gasteiger partial charge in [0, 0.05) is 23.1 Å². The van der Waals surface area contributed by atoms with E-state index in [0.717, 1.165) is 10.0 Å². The van der Waals surface area contributed by atoms with E-state index >= 15 is 0 Å². The molecule has 0 bridgehead atoms. The Kier molecular flexibility index (Phi) is 4.33. The number of phenols is 1. The molecule has 0 fully saturated rings. The van der Waals surface area contributed by atoms with Gasteiger partial charge in [-0.25, -0.2) is 4.39 Å². The topological polar surface area (TPSA) is 32.3 Å². The molecule has 2 aromatic carbocycles. The van der Waals surface area contributed by atoms with Crippen LogP contribution in [0.4, 0.5) is 4.39 Å². The fourth-order valence-corrected chi connectivity index (χ4v) is 1.95. The van der Waals surface area contributed by atoms with Gasteiger partial charge in [0.25, 0.3) is 0 Å². The van der Waals surface area contributed by atoms with Gasteiger partial charge < -0.3 is 10.4 Å².